The highest BCUT2D eigenvalue weighted by Crippen LogP contribution is 1.91. The van der Waals surface area contributed by atoms with Crippen LogP contribution >= 0.6 is 0 Å². The maximum atomic E-state index is 10.5. The molecule has 68 valence electrons. The third-order valence-electron chi connectivity index (χ3n) is 1.28. The Balaban J connectivity index is 3.79. The summed E-state index contributed by atoms with van der Waals surface area (Å²) >= 11 is 0. The van der Waals surface area contributed by atoms with Gasteiger partial charge in [-0.25, -0.2) is 0 Å². The van der Waals surface area contributed by atoms with Gasteiger partial charge < -0.3 is 16.1 Å². The van der Waals surface area contributed by atoms with Gasteiger partial charge in [0.15, 0.2) is 0 Å². The van der Waals surface area contributed by atoms with E-state index in [1.165, 1.54) is 13.3 Å². The summed E-state index contributed by atoms with van der Waals surface area (Å²) in [4.78, 5) is 12.1. The van der Waals surface area contributed by atoms with Gasteiger partial charge in [0.25, 0.3) is 0 Å². The molecule has 0 aromatic heterocycles. The fraction of sp³-hybridized carbons (Fsp3) is 0.429. The second kappa shape index (κ2) is 5.17. The zero-order chi connectivity index (χ0) is 9.56. The topological polar surface area (TPSA) is 70.7 Å². The largest absolute Gasteiger partial charge is 0.351 e. The second-order valence-electron chi connectivity index (χ2n) is 2.35. The summed E-state index contributed by atoms with van der Waals surface area (Å²) in [6, 6.07) is 0. The van der Waals surface area contributed by atoms with Gasteiger partial charge in [-0.2, -0.15) is 5.10 Å². The molecule has 0 atom stereocenters. The van der Waals surface area contributed by atoms with E-state index in [-0.39, 0.29) is 5.91 Å². The molecule has 0 aromatic carbocycles. The Morgan fingerprint density at radius 2 is 2.42 bits per heavy atom. The SMILES string of the molecule is C=C(CNC(C)=O)N(C)/C=N\N. The standard InChI is InChI=1S/C7H14N4O/c1-6(4-9-7(2)12)11(3)5-10-8/h5H,1,4,8H2,2-3H3,(H,9,12)/b10-5-. The zero-order valence-electron chi connectivity index (χ0n) is 7.37. The van der Waals surface area contributed by atoms with Gasteiger partial charge in [-0.15, -0.1) is 0 Å². The average Bonchev–Trinajstić information content (AvgIpc) is 2.00. The lowest BCUT2D eigenvalue weighted by Crippen LogP contribution is -2.28. The minimum atomic E-state index is -0.0887. The van der Waals surface area contributed by atoms with Crippen LogP contribution < -0.4 is 11.2 Å². The number of nitrogens with zero attached hydrogens (tertiary/aromatic N) is 2. The maximum Gasteiger partial charge on any atom is 0.217 e. The Kier molecular flexibility index (Phi) is 4.52. The lowest BCUT2D eigenvalue weighted by atomic mass is 10.4. The van der Waals surface area contributed by atoms with Crippen LogP contribution in [0.4, 0.5) is 0 Å². The fourth-order valence-corrected chi connectivity index (χ4v) is 0.533. The van der Waals surface area contributed by atoms with Crippen LogP contribution in [0.25, 0.3) is 0 Å². The van der Waals surface area contributed by atoms with E-state index in [4.69, 9.17) is 5.84 Å². The number of hydrogen-bond donors (Lipinski definition) is 2. The van der Waals surface area contributed by atoms with E-state index < -0.39 is 0 Å². The molecule has 0 bridgehead atoms. The van der Waals surface area contributed by atoms with Gasteiger partial charge in [0.1, 0.15) is 6.34 Å². The quantitative estimate of drug-likeness (QED) is 0.258. The van der Waals surface area contributed by atoms with Crippen LogP contribution in [0.3, 0.4) is 0 Å². The van der Waals surface area contributed by atoms with Gasteiger partial charge in [-0.05, 0) is 0 Å². The number of hydrogen-bond acceptors (Lipinski definition) is 3. The first kappa shape index (κ1) is 10.5. The summed E-state index contributed by atoms with van der Waals surface area (Å²) in [5, 5.41) is 5.91. The van der Waals surface area contributed by atoms with Gasteiger partial charge in [-0.1, -0.05) is 6.58 Å². The van der Waals surface area contributed by atoms with Crippen LogP contribution in [0.2, 0.25) is 0 Å². The molecule has 0 aliphatic heterocycles. The number of carbonyl (C=O) groups excluding carboxylic acids is 1. The Morgan fingerprint density at radius 1 is 1.83 bits per heavy atom. The van der Waals surface area contributed by atoms with Crippen LogP contribution in [0.5, 0.6) is 0 Å². The molecule has 0 saturated carbocycles. The molecule has 5 heteroatoms. The van der Waals surface area contributed by atoms with Crippen LogP contribution in [0.15, 0.2) is 17.4 Å². The van der Waals surface area contributed by atoms with E-state index in [9.17, 15) is 4.79 Å². The van der Waals surface area contributed by atoms with Crippen molar-refractivity contribution in [2.24, 2.45) is 10.9 Å². The van der Waals surface area contributed by atoms with Crippen molar-refractivity contribution in [3.05, 3.63) is 12.3 Å². The molecule has 12 heavy (non-hydrogen) atoms. The molecule has 0 radical (unpaired) electrons. The van der Waals surface area contributed by atoms with Gasteiger partial charge in [0.2, 0.25) is 5.91 Å². The van der Waals surface area contributed by atoms with Crippen molar-refractivity contribution in [2.75, 3.05) is 13.6 Å². The number of nitrogens with two attached hydrogens (primary N) is 1. The maximum absolute atomic E-state index is 10.5. The van der Waals surface area contributed by atoms with Crippen molar-refractivity contribution in [1.29, 1.82) is 0 Å². The van der Waals surface area contributed by atoms with Crippen molar-refractivity contribution >= 4 is 12.2 Å². The van der Waals surface area contributed by atoms with E-state index in [2.05, 4.69) is 17.0 Å². The average molecular weight is 170 g/mol. The van der Waals surface area contributed by atoms with Crippen LogP contribution in [0, 0.1) is 0 Å². The molecule has 3 N–H and O–H groups in total. The number of likely N-dealkylation sites (N-methyl/N-ethyl adjacent to an activating group) is 1. The van der Waals surface area contributed by atoms with E-state index in [0.717, 1.165) is 5.70 Å². The number of rotatable bonds is 4. The van der Waals surface area contributed by atoms with Crippen molar-refractivity contribution in [3.8, 4) is 0 Å². The lowest BCUT2D eigenvalue weighted by Gasteiger charge is -2.15. The monoisotopic (exact) mass is 170 g/mol. The normalized spacial score (nSPS) is 9.83. The molecule has 0 fully saturated rings. The van der Waals surface area contributed by atoms with E-state index >= 15 is 0 Å². The van der Waals surface area contributed by atoms with Gasteiger partial charge in [0, 0.05) is 19.7 Å². The summed E-state index contributed by atoms with van der Waals surface area (Å²) in [5.74, 6) is 4.83. The predicted octanol–water partition coefficient (Wildman–Crippen LogP) is -0.530. The molecular formula is C7H14N4O. The Bertz CT molecular complexity index is 200. The summed E-state index contributed by atoms with van der Waals surface area (Å²) in [7, 11) is 1.75. The van der Waals surface area contributed by atoms with Crippen molar-refractivity contribution < 1.29 is 4.79 Å². The summed E-state index contributed by atoms with van der Waals surface area (Å²) in [6.07, 6.45) is 1.42. The minimum Gasteiger partial charge on any atom is -0.351 e. The van der Waals surface area contributed by atoms with Crippen LogP contribution in [-0.4, -0.2) is 30.7 Å². The van der Waals surface area contributed by atoms with Crippen LogP contribution in [0.1, 0.15) is 6.92 Å². The molecule has 1 amide bonds. The fourth-order valence-electron chi connectivity index (χ4n) is 0.533. The Hall–Kier alpha value is -1.52. The predicted molar refractivity (Wildman–Crippen MR) is 48.3 cm³/mol. The Labute approximate surface area is 71.9 Å². The molecule has 0 rings (SSSR count). The number of carbonyl (C=O) groups is 1. The van der Waals surface area contributed by atoms with Gasteiger partial charge in [-0.3, -0.25) is 4.79 Å². The van der Waals surface area contributed by atoms with Crippen molar-refractivity contribution in [1.82, 2.24) is 10.2 Å². The molecule has 5 nitrogen and oxygen atoms in total. The summed E-state index contributed by atoms with van der Waals surface area (Å²) in [5.41, 5.74) is 0.722. The minimum absolute atomic E-state index is 0.0887. The van der Waals surface area contributed by atoms with Gasteiger partial charge >= 0.3 is 0 Å². The number of nitrogens with one attached hydrogen (secondary N) is 1. The van der Waals surface area contributed by atoms with Crippen LogP contribution in [-0.2, 0) is 4.79 Å². The van der Waals surface area contributed by atoms with Gasteiger partial charge in [0.05, 0.1) is 6.54 Å². The number of amides is 1. The first-order valence-electron chi connectivity index (χ1n) is 3.46. The number of hydrazone groups is 1. The molecule has 0 saturated heterocycles. The van der Waals surface area contributed by atoms with Crippen molar-refractivity contribution in [2.45, 2.75) is 6.92 Å². The van der Waals surface area contributed by atoms with E-state index in [1.54, 1.807) is 11.9 Å². The highest BCUT2D eigenvalue weighted by molar-refractivity contribution is 5.73. The van der Waals surface area contributed by atoms with E-state index in [1.807, 2.05) is 0 Å². The summed E-state index contributed by atoms with van der Waals surface area (Å²) in [6.45, 7) is 5.56. The first-order chi connectivity index (χ1) is 5.57. The molecular weight excluding hydrogens is 156 g/mol. The van der Waals surface area contributed by atoms with E-state index in [0.29, 0.717) is 6.54 Å². The molecule has 0 aliphatic carbocycles. The molecule has 0 spiro atoms. The molecule has 0 unspecified atom stereocenters. The third kappa shape index (κ3) is 4.32. The van der Waals surface area contributed by atoms with Crippen molar-refractivity contribution in [3.63, 3.8) is 0 Å². The summed E-state index contributed by atoms with van der Waals surface area (Å²) < 4.78 is 0. The molecule has 0 heterocycles. The smallest absolute Gasteiger partial charge is 0.217 e. The highest BCUT2D eigenvalue weighted by Gasteiger charge is 1.98. The highest BCUT2D eigenvalue weighted by atomic mass is 16.1. The Morgan fingerprint density at radius 3 is 2.83 bits per heavy atom. The zero-order valence-corrected chi connectivity index (χ0v) is 7.37. The first-order valence-corrected chi connectivity index (χ1v) is 3.46. The third-order valence-corrected chi connectivity index (χ3v) is 1.28. The molecule has 0 aliphatic rings. The lowest BCUT2D eigenvalue weighted by molar-refractivity contribution is -0.118. The second-order valence-corrected chi connectivity index (χ2v) is 2.35. The molecule has 0 aromatic rings.